The highest BCUT2D eigenvalue weighted by Crippen LogP contribution is 2.22. The van der Waals surface area contributed by atoms with Crippen LogP contribution in [0.2, 0.25) is 0 Å². The molecule has 0 amide bonds. The Hall–Kier alpha value is -2.24. The molecule has 3 rings (SSSR count). The number of rotatable bonds is 3. The van der Waals surface area contributed by atoms with Gasteiger partial charge >= 0.3 is 0 Å². The van der Waals surface area contributed by atoms with Gasteiger partial charge in [0.25, 0.3) is 0 Å². The van der Waals surface area contributed by atoms with Gasteiger partial charge in [0, 0.05) is 12.7 Å². The third-order valence-corrected chi connectivity index (χ3v) is 3.02. The molecule has 5 heteroatoms. The zero-order valence-electron chi connectivity index (χ0n) is 10.2. The van der Waals surface area contributed by atoms with E-state index in [-0.39, 0.29) is 6.54 Å². The van der Waals surface area contributed by atoms with Gasteiger partial charge in [-0.15, -0.1) is 0 Å². The Labute approximate surface area is 110 Å². The summed E-state index contributed by atoms with van der Waals surface area (Å²) in [7, 11) is 0. The summed E-state index contributed by atoms with van der Waals surface area (Å²) in [5, 5.41) is 9.74. The molecule has 1 aromatic carbocycles. The monoisotopic (exact) mass is 254 g/mol. The summed E-state index contributed by atoms with van der Waals surface area (Å²) in [4.78, 5) is 11.9. The number of aliphatic hydroxyl groups excluding tert-OH is 1. The second kappa shape index (κ2) is 4.79. The smallest absolute Gasteiger partial charge is 0.157 e. The Morgan fingerprint density at radius 1 is 1.26 bits per heavy atom. The number of benzene rings is 1. The molecule has 0 fully saturated rings. The molecule has 3 aromatic rings. The Morgan fingerprint density at radius 2 is 2.16 bits per heavy atom. The fourth-order valence-corrected chi connectivity index (χ4v) is 1.99. The van der Waals surface area contributed by atoms with Crippen molar-refractivity contribution >= 4 is 11.0 Å². The van der Waals surface area contributed by atoms with Crippen molar-refractivity contribution in [2.24, 2.45) is 5.73 Å². The molecule has 0 bridgehead atoms. The molecule has 0 radical (unpaired) electrons. The number of H-pyrrole nitrogens is 1. The first kappa shape index (κ1) is 11.8. The molecule has 19 heavy (non-hydrogen) atoms. The van der Waals surface area contributed by atoms with Crippen LogP contribution in [0.5, 0.6) is 0 Å². The van der Waals surface area contributed by atoms with Gasteiger partial charge in [-0.1, -0.05) is 12.1 Å². The standard InChI is InChI=1S/C14H14N4O/c15-8-13(19)9-4-5-10-12(7-9)18-14(17-10)11-3-1-2-6-16-11/h1-7,13,19H,8,15H2,(H,17,18). The van der Waals surface area contributed by atoms with Crippen LogP contribution in [0, 0.1) is 0 Å². The van der Waals surface area contributed by atoms with Gasteiger partial charge in [0.2, 0.25) is 0 Å². The maximum atomic E-state index is 9.74. The maximum Gasteiger partial charge on any atom is 0.157 e. The quantitative estimate of drug-likeness (QED) is 0.662. The molecule has 0 aliphatic carbocycles. The van der Waals surface area contributed by atoms with Gasteiger partial charge in [0.05, 0.1) is 17.1 Å². The van der Waals surface area contributed by atoms with E-state index in [1.165, 1.54) is 0 Å². The summed E-state index contributed by atoms with van der Waals surface area (Å²) in [6, 6.07) is 11.2. The van der Waals surface area contributed by atoms with Gasteiger partial charge in [-0.05, 0) is 29.8 Å². The molecule has 0 saturated heterocycles. The molecule has 2 aromatic heterocycles. The second-order valence-electron chi connectivity index (χ2n) is 4.33. The fraction of sp³-hybridized carbons (Fsp3) is 0.143. The van der Waals surface area contributed by atoms with Gasteiger partial charge in [0.15, 0.2) is 5.82 Å². The van der Waals surface area contributed by atoms with E-state index in [2.05, 4.69) is 15.0 Å². The van der Waals surface area contributed by atoms with Crippen molar-refractivity contribution in [2.45, 2.75) is 6.10 Å². The van der Waals surface area contributed by atoms with Crippen LogP contribution in [-0.4, -0.2) is 26.6 Å². The second-order valence-corrected chi connectivity index (χ2v) is 4.33. The van der Waals surface area contributed by atoms with Crippen LogP contribution in [0.25, 0.3) is 22.6 Å². The highest BCUT2D eigenvalue weighted by molar-refractivity contribution is 5.79. The Bertz CT molecular complexity index is 693. The summed E-state index contributed by atoms with van der Waals surface area (Å²) in [5.41, 5.74) is 8.74. The lowest BCUT2D eigenvalue weighted by molar-refractivity contribution is 0.187. The van der Waals surface area contributed by atoms with E-state index in [0.29, 0.717) is 0 Å². The van der Waals surface area contributed by atoms with Crippen LogP contribution in [0.3, 0.4) is 0 Å². The van der Waals surface area contributed by atoms with Gasteiger partial charge in [0.1, 0.15) is 5.69 Å². The van der Waals surface area contributed by atoms with E-state index in [1.807, 2.05) is 36.4 Å². The van der Waals surface area contributed by atoms with Crippen molar-refractivity contribution in [2.75, 3.05) is 6.54 Å². The van der Waals surface area contributed by atoms with Crippen LogP contribution in [0.1, 0.15) is 11.7 Å². The lowest BCUT2D eigenvalue weighted by atomic mass is 10.1. The lowest BCUT2D eigenvalue weighted by Crippen LogP contribution is -2.11. The Kier molecular flexibility index (Phi) is 2.98. The SMILES string of the molecule is NCC(O)c1ccc2nc(-c3ccccn3)[nH]c2c1. The van der Waals surface area contributed by atoms with Gasteiger partial charge < -0.3 is 15.8 Å². The predicted octanol–water partition coefficient (Wildman–Crippen LogP) is 1.62. The molecule has 5 nitrogen and oxygen atoms in total. The van der Waals surface area contributed by atoms with Crippen molar-refractivity contribution in [3.8, 4) is 11.5 Å². The van der Waals surface area contributed by atoms with Crippen LogP contribution in [-0.2, 0) is 0 Å². The summed E-state index contributed by atoms with van der Waals surface area (Å²) in [6.07, 6.45) is 1.08. The number of hydrogen-bond acceptors (Lipinski definition) is 4. The summed E-state index contributed by atoms with van der Waals surface area (Å²) in [6.45, 7) is 0.201. The van der Waals surface area contributed by atoms with Gasteiger partial charge in [-0.25, -0.2) is 4.98 Å². The van der Waals surface area contributed by atoms with Crippen molar-refractivity contribution in [3.63, 3.8) is 0 Å². The van der Waals surface area contributed by atoms with E-state index in [9.17, 15) is 5.11 Å². The van der Waals surface area contributed by atoms with Crippen LogP contribution < -0.4 is 5.73 Å². The van der Waals surface area contributed by atoms with Gasteiger partial charge in [-0.2, -0.15) is 0 Å². The zero-order chi connectivity index (χ0) is 13.2. The van der Waals surface area contributed by atoms with Crippen molar-refractivity contribution in [3.05, 3.63) is 48.2 Å². The molecule has 1 atom stereocenters. The number of pyridine rings is 1. The fourth-order valence-electron chi connectivity index (χ4n) is 1.99. The van der Waals surface area contributed by atoms with Gasteiger partial charge in [-0.3, -0.25) is 4.98 Å². The number of hydrogen-bond donors (Lipinski definition) is 3. The summed E-state index contributed by atoms with van der Waals surface area (Å²) in [5.74, 6) is 0.718. The number of aliphatic hydroxyl groups is 1. The first-order chi connectivity index (χ1) is 9.28. The number of nitrogens with two attached hydrogens (primary N) is 1. The molecule has 2 heterocycles. The minimum absolute atomic E-state index is 0.201. The minimum Gasteiger partial charge on any atom is -0.387 e. The molecule has 1 unspecified atom stereocenters. The van der Waals surface area contributed by atoms with Crippen molar-refractivity contribution in [1.82, 2.24) is 15.0 Å². The molecule has 0 aliphatic rings. The Balaban J connectivity index is 2.06. The molecular weight excluding hydrogens is 240 g/mol. The normalized spacial score (nSPS) is 12.7. The number of imidazole rings is 1. The molecular formula is C14H14N4O. The van der Waals surface area contributed by atoms with E-state index >= 15 is 0 Å². The van der Waals surface area contributed by atoms with E-state index in [1.54, 1.807) is 6.20 Å². The summed E-state index contributed by atoms with van der Waals surface area (Å²) >= 11 is 0. The maximum absolute atomic E-state index is 9.74. The largest absolute Gasteiger partial charge is 0.387 e. The van der Waals surface area contributed by atoms with Crippen LogP contribution >= 0.6 is 0 Å². The first-order valence-electron chi connectivity index (χ1n) is 6.07. The highest BCUT2D eigenvalue weighted by atomic mass is 16.3. The summed E-state index contributed by atoms with van der Waals surface area (Å²) < 4.78 is 0. The third-order valence-electron chi connectivity index (χ3n) is 3.02. The van der Waals surface area contributed by atoms with E-state index < -0.39 is 6.10 Å². The van der Waals surface area contributed by atoms with Crippen molar-refractivity contribution in [1.29, 1.82) is 0 Å². The van der Waals surface area contributed by atoms with Crippen LogP contribution in [0.15, 0.2) is 42.6 Å². The number of aromatic amines is 1. The zero-order valence-corrected chi connectivity index (χ0v) is 10.2. The highest BCUT2D eigenvalue weighted by Gasteiger charge is 2.09. The lowest BCUT2D eigenvalue weighted by Gasteiger charge is -2.06. The number of nitrogens with zero attached hydrogens (tertiary/aromatic N) is 2. The average molecular weight is 254 g/mol. The van der Waals surface area contributed by atoms with Crippen LogP contribution in [0.4, 0.5) is 0 Å². The topological polar surface area (TPSA) is 87.8 Å². The number of nitrogens with one attached hydrogen (secondary N) is 1. The van der Waals surface area contributed by atoms with Crippen molar-refractivity contribution < 1.29 is 5.11 Å². The molecule has 0 aliphatic heterocycles. The number of fused-ring (bicyclic) bond motifs is 1. The van der Waals surface area contributed by atoms with E-state index in [4.69, 9.17) is 5.73 Å². The molecule has 0 saturated carbocycles. The first-order valence-corrected chi connectivity index (χ1v) is 6.07. The number of aromatic nitrogens is 3. The van der Waals surface area contributed by atoms with E-state index in [0.717, 1.165) is 28.1 Å². The Morgan fingerprint density at radius 3 is 2.89 bits per heavy atom. The molecule has 96 valence electrons. The predicted molar refractivity (Wildman–Crippen MR) is 73.3 cm³/mol. The average Bonchev–Trinajstić information content (AvgIpc) is 2.90. The molecule has 4 N–H and O–H groups in total. The minimum atomic E-state index is -0.647. The third kappa shape index (κ3) is 2.21. The molecule has 0 spiro atoms.